The van der Waals surface area contributed by atoms with Crippen LogP contribution in [0.4, 0.5) is 5.69 Å². The van der Waals surface area contributed by atoms with Crippen LogP contribution in [0.1, 0.15) is 5.69 Å². The minimum Gasteiger partial charge on any atom is -0.388 e. The SMILES string of the molecule is CNc1cccnc1C(N)=S. The second-order valence-electron chi connectivity index (χ2n) is 2.01. The molecule has 0 aliphatic heterocycles. The molecule has 1 rings (SSSR count). The maximum Gasteiger partial charge on any atom is 0.124 e. The van der Waals surface area contributed by atoms with Gasteiger partial charge in [-0.2, -0.15) is 0 Å². The lowest BCUT2D eigenvalue weighted by Crippen LogP contribution is -2.13. The molecule has 58 valence electrons. The Morgan fingerprint density at radius 1 is 1.73 bits per heavy atom. The van der Waals surface area contributed by atoms with E-state index in [2.05, 4.69) is 10.3 Å². The lowest BCUT2D eigenvalue weighted by atomic mass is 10.3. The number of nitrogens with one attached hydrogen (secondary N) is 1. The molecule has 1 heterocycles. The van der Waals surface area contributed by atoms with Gasteiger partial charge >= 0.3 is 0 Å². The molecule has 0 aliphatic carbocycles. The maximum absolute atomic E-state index is 5.42. The third kappa shape index (κ3) is 1.65. The van der Waals surface area contributed by atoms with E-state index in [4.69, 9.17) is 18.0 Å². The number of nitrogens with zero attached hydrogens (tertiary/aromatic N) is 1. The smallest absolute Gasteiger partial charge is 0.124 e. The van der Waals surface area contributed by atoms with Crippen LogP contribution in [0.25, 0.3) is 0 Å². The van der Waals surface area contributed by atoms with Crippen LogP contribution in [0, 0.1) is 0 Å². The Labute approximate surface area is 70.6 Å². The van der Waals surface area contributed by atoms with E-state index in [0.717, 1.165) is 5.69 Å². The van der Waals surface area contributed by atoms with E-state index in [0.29, 0.717) is 10.7 Å². The van der Waals surface area contributed by atoms with Crippen molar-refractivity contribution >= 4 is 22.9 Å². The summed E-state index contributed by atoms with van der Waals surface area (Å²) in [4.78, 5) is 4.34. The van der Waals surface area contributed by atoms with Gasteiger partial charge in [0.15, 0.2) is 0 Å². The van der Waals surface area contributed by atoms with Gasteiger partial charge in [-0.05, 0) is 12.1 Å². The van der Waals surface area contributed by atoms with E-state index >= 15 is 0 Å². The summed E-state index contributed by atoms with van der Waals surface area (Å²) in [6.45, 7) is 0. The molecule has 0 aromatic carbocycles. The molecule has 0 bridgehead atoms. The zero-order chi connectivity index (χ0) is 8.27. The van der Waals surface area contributed by atoms with Crippen molar-refractivity contribution in [2.45, 2.75) is 0 Å². The van der Waals surface area contributed by atoms with Crippen LogP contribution in [0.15, 0.2) is 18.3 Å². The molecule has 0 saturated heterocycles. The molecular weight excluding hydrogens is 158 g/mol. The van der Waals surface area contributed by atoms with Gasteiger partial charge in [-0.3, -0.25) is 4.98 Å². The second-order valence-corrected chi connectivity index (χ2v) is 2.45. The van der Waals surface area contributed by atoms with Crippen LogP contribution in [-0.2, 0) is 0 Å². The van der Waals surface area contributed by atoms with Crippen molar-refractivity contribution < 1.29 is 0 Å². The second kappa shape index (κ2) is 3.30. The van der Waals surface area contributed by atoms with Gasteiger partial charge in [-0.25, -0.2) is 0 Å². The predicted octanol–water partition coefficient (Wildman–Crippen LogP) is 0.757. The number of anilines is 1. The molecule has 0 saturated carbocycles. The highest BCUT2D eigenvalue weighted by Gasteiger charge is 2.02. The summed E-state index contributed by atoms with van der Waals surface area (Å²) in [5.41, 5.74) is 6.92. The number of hydrogen-bond donors (Lipinski definition) is 2. The van der Waals surface area contributed by atoms with Gasteiger partial charge in [-0.15, -0.1) is 0 Å². The predicted molar refractivity (Wildman–Crippen MR) is 49.7 cm³/mol. The summed E-state index contributed by atoms with van der Waals surface area (Å²) >= 11 is 4.79. The highest BCUT2D eigenvalue weighted by molar-refractivity contribution is 7.80. The Morgan fingerprint density at radius 2 is 2.45 bits per heavy atom. The van der Waals surface area contributed by atoms with Crippen LogP contribution in [0.3, 0.4) is 0 Å². The molecule has 3 nitrogen and oxygen atoms in total. The van der Waals surface area contributed by atoms with Gasteiger partial charge in [0.05, 0.1) is 5.69 Å². The lowest BCUT2D eigenvalue weighted by Gasteiger charge is -2.04. The average molecular weight is 167 g/mol. The van der Waals surface area contributed by atoms with Crippen LogP contribution < -0.4 is 11.1 Å². The fourth-order valence-corrected chi connectivity index (χ4v) is 0.966. The average Bonchev–Trinajstić information content (AvgIpc) is 2.04. The van der Waals surface area contributed by atoms with E-state index in [1.165, 1.54) is 0 Å². The van der Waals surface area contributed by atoms with Crippen molar-refractivity contribution in [3.05, 3.63) is 24.0 Å². The molecule has 1 aromatic rings. The van der Waals surface area contributed by atoms with E-state index in [9.17, 15) is 0 Å². The van der Waals surface area contributed by atoms with Crippen molar-refractivity contribution in [1.29, 1.82) is 0 Å². The van der Waals surface area contributed by atoms with E-state index < -0.39 is 0 Å². The third-order valence-corrected chi connectivity index (χ3v) is 1.50. The molecule has 1 aromatic heterocycles. The Balaban J connectivity index is 3.12. The molecule has 0 amide bonds. The Hall–Kier alpha value is -1.16. The van der Waals surface area contributed by atoms with E-state index in [1.54, 1.807) is 13.2 Å². The Kier molecular flexibility index (Phi) is 2.38. The summed E-state index contributed by atoms with van der Waals surface area (Å²) in [5, 5.41) is 2.95. The van der Waals surface area contributed by atoms with Crippen LogP contribution in [-0.4, -0.2) is 17.0 Å². The van der Waals surface area contributed by atoms with Crippen molar-refractivity contribution in [1.82, 2.24) is 4.98 Å². The molecule has 0 aliphatic rings. The lowest BCUT2D eigenvalue weighted by molar-refractivity contribution is 1.28. The zero-order valence-electron chi connectivity index (χ0n) is 6.16. The van der Waals surface area contributed by atoms with Gasteiger partial charge in [0.1, 0.15) is 10.7 Å². The molecule has 4 heteroatoms. The summed E-state index contributed by atoms with van der Waals surface area (Å²) in [6.07, 6.45) is 1.66. The van der Waals surface area contributed by atoms with Crippen molar-refractivity contribution in [2.75, 3.05) is 12.4 Å². The summed E-state index contributed by atoms with van der Waals surface area (Å²) in [5.74, 6) is 0. The molecule has 0 fully saturated rings. The normalized spacial score (nSPS) is 9.18. The van der Waals surface area contributed by atoms with Gasteiger partial charge in [0, 0.05) is 13.2 Å². The third-order valence-electron chi connectivity index (χ3n) is 1.31. The minimum atomic E-state index is 0.315. The number of rotatable bonds is 2. The van der Waals surface area contributed by atoms with E-state index in [-0.39, 0.29) is 0 Å². The number of nitrogens with two attached hydrogens (primary N) is 1. The van der Waals surface area contributed by atoms with Crippen LogP contribution >= 0.6 is 12.2 Å². The number of pyridine rings is 1. The molecule has 3 N–H and O–H groups in total. The first-order valence-electron chi connectivity index (χ1n) is 3.18. The quantitative estimate of drug-likeness (QED) is 0.638. The maximum atomic E-state index is 5.42. The highest BCUT2D eigenvalue weighted by Crippen LogP contribution is 2.09. The molecule has 0 spiro atoms. The zero-order valence-corrected chi connectivity index (χ0v) is 6.98. The van der Waals surface area contributed by atoms with Crippen LogP contribution in [0.5, 0.6) is 0 Å². The van der Waals surface area contributed by atoms with E-state index in [1.807, 2.05) is 12.1 Å². The number of hydrogen-bond acceptors (Lipinski definition) is 3. The summed E-state index contributed by atoms with van der Waals surface area (Å²) in [6, 6.07) is 3.70. The largest absolute Gasteiger partial charge is 0.388 e. The molecule has 11 heavy (non-hydrogen) atoms. The Bertz CT molecular complexity index is 272. The first-order valence-corrected chi connectivity index (χ1v) is 3.59. The van der Waals surface area contributed by atoms with Gasteiger partial charge in [0.25, 0.3) is 0 Å². The van der Waals surface area contributed by atoms with Gasteiger partial charge < -0.3 is 11.1 Å². The van der Waals surface area contributed by atoms with Crippen molar-refractivity contribution in [3.63, 3.8) is 0 Å². The fraction of sp³-hybridized carbons (Fsp3) is 0.143. The van der Waals surface area contributed by atoms with Crippen molar-refractivity contribution in [2.24, 2.45) is 5.73 Å². The van der Waals surface area contributed by atoms with Gasteiger partial charge in [0.2, 0.25) is 0 Å². The van der Waals surface area contributed by atoms with Gasteiger partial charge in [-0.1, -0.05) is 12.2 Å². The topological polar surface area (TPSA) is 50.9 Å². The molecule has 0 radical (unpaired) electrons. The fourth-order valence-electron chi connectivity index (χ4n) is 0.803. The minimum absolute atomic E-state index is 0.315. The monoisotopic (exact) mass is 167 g/mol. The molecular formula is C7H9N3S. The highest BCUT2D eigenvalue weighted by atomic mass is 32.1. The summed E-state index contributed by atoms with van der Waals surface area (Å²) < 4.78 is 0. The number of thiocarbonyl (C=S) groups is 1. The van der Waals surface area contributed by atoms with Crippen molar-refractivity contribution in [3.8, 4) is 0 Å². The first-order chi connectivity index (χ1) is 5.25. The van der Waals surface area contributed by atoms with Crippen LogP contribution in [0.2, 0.25) is 0 Å². The first kappa shape index (κ1) is 7.94. The standard InChI is InChI=1S/C7H9N3S/c1-9-5-3-2-4-10-6(5)7(8)11/h2-4,9H,1H3,(H2,8,11). The molecule has 0 atom stereocenters. The Morgan fingerprint density at radius 3 is 2.91 bits per heavy atom. The molecule has 0 unspecified atom stereocenters. The summed E-state index contributed by atoms with van der Waals surface area (Å²) in [7, 11) is 1.80. The number of aromatic nitrogens is 1.